The lowest BCUT2D eigenvalue weighted by molar-refractivity contribution is 0.407. The first-order valence-electron chi connectivity index (χ1n) is 10.9. The van der Waals surface area contributed by atoms with Crippen molar-refractivity contribution in [3.8, 4) is 11.8 Å². The quantitative estimate of drug-likeness (QED) is 0.425. The highest BCUT2D eigenvalue weighted by Gasteiger charge is 2.41. The molecule has 0 bridgehead atoms. The van der Waals surface area contributed by atoms with E-state index in [1.54, 1.807) is 10.5 Å². The lowest BCUT2D eigenvalue weighted by Gasteiger charge is -2.32. The minimum absolute atomic E-state index is 0.332. The van der Waals surface area contributed by atoms with Crippen LogP contribution in [0.1, 0.15) is 36.2 Å². The average molecular weight is 429 g/mol. The van der Waals surface area contributed by atoms with Crippen molar-refractivity contribution in [3.05, 3.63) is 59.2 Å². The summed E-state index contributed by atoms with van der Waals surface area (Å²) in [6, 6.07) is 11.0. The number of alkyl halides is 1. The van der Waals surface area contributed by atoms with Gasteiger partial charge in [-0.05, 0) is 62.4 Å². The summed E-state index contributed by atoms with van der Waals surface area (Å²) in [6.07, 6.45) is 3.40. The molecular formula is C25H21F2N5. The van der Waals surface area contributed by atoms with E-state index >= 15 is 4.39 Å². The maximum atomic E-state index is 15.1. The van der Waals surface area contributed by atoms with Crippen molar-refractivity contribution in [1.82, 2.24) is 19.6 Å². The molecule has 32 heavy (non-hydrogen) atoms. The van der Waals surface area contributed by atoms with Crippen molar-refractivity contribution in [2.75, 3.05) is 18.1 Å². The van der Waals surface area contributed by atoms with Gasteiger partial charge >= 0.3 is 0 Å². The Morgan fingerprint density at radius 3 is 2.78 bits per heavy atom. The minimum Gasteiger partial charge on any atom is -0.325 e. The Hall–Kier alpha value is -3.53. The predicted octanol–water partition coefficient (Wildman–Crippen LogP) is 4.91. The SMILES string of the molecule is Cc1nnc2nc(N3CCCc4c(C#CC5(CF)CC5)cccc43)c3c(F)cccc3n12. The summed E-state index contributed by atoms with van der Waals surface area (Å²) in [7, 11) is 0. The summed E-state index contributed by atoms with van der Waals surface area (Å²) in [5.74, 6) is 7.71. The molecule has 0 N–H and O–H groups in total. The highest BCUT2D eigenvalue weighted by molar-refractivity contribution is 5.94. The van der Waals surface area contributed by atoms with Crippen LogP contribution in [0.25, 0.3) is 16.7 Å². The van der Waals surface area contributed by atoms with E-state index in [2.05, 4.69) is 26.9 Å². The van der Waals surface area contributed by atoms with E-state index in [9.17, 15) is 4.39 Å². The van der Waals surface area contributed by atoms with Gasteiger partial charge in [-0.25, -0.2) is 8.78 Å². The molecule has 0 unspecified atom stereocenters. The smallest absolute Gasteiger partial charge is 0.257 e. The average Bonchev–Trinajstić information content (AvgIpc) is 3.51. The van der Waals surface area contributed by atoms with Crippen molar-refractivity contribution < 1.29 is 8.78 Å². The Morgan fingerprint density at radius 2 is 1.97 bits per heavy atom. The zero-order valence-corrected chi connectivity index (χ0v) is 17.7. The topological polar surface area (TPSA) is 46.3 Å². The lowest BCUT2D eigenvalue weighted by atomic mass is 9.95. The van der Waals surface area contributed by atoms with E-state index in [1.807, 2.05) is 31.2 Å². The summed E-state index contributed by atoms with van der Waals surface area (Å²) in [5, 5.41) is 8.78. The molecule has 0 amide bonds. The van der Waals surface area contributed by atoms with Crippen LogP contribution < -0.4 is 4.90 Å². The fourth-order valence-electron chi connectivity index (χ4n) is 4.58. The molecule has 1 aliphatic heterocycles. The van der Waals surface area contributed by atoms with Gasteiger partial charge < -0.3 is 4.90 Å². The van der Waals surface area contributed by atoms with Gasteiger partial charge in [0.25, 0.3) is 5.78 Å². The molecule has 1 saturated carbocycles. The number of anilines is 2. The first-order valence-corrected chi connectivity index (χ1v) is 10.9. The van der Waals surface area contributed by atoms with Gasteiger partial charge in [-0.2, -0.15) is 4.98 Å². The van der Waals surface area contributed by atoms with Crippen molar-refractivity contribution in [3.63, 3.8) is 0 Å². The number of rotatable bonds is 2. The number of fused-ring (bicyclic) bond motifs is 4. The molecule has 5 nitrogen and oxygen atoms in total. The Kier molecular flexibility index (Phi) is 4.19. The van der Waals surface area contributed by atoms with Gasteiger partial charge in [0, 0.05) is 17.8 Å². The Morgan fingerprint density at radius 1 is 1.12 bits per heavy atom. The van der Waals surface area contributed by atoms with Crippen molar-refractivity contribution in [2.45, 2.75) is 32.6 Å². The number of nitrogens with zero attached hydrogens (tertiary/aromatic N) is 5. The summed E-state index contributed by atoms with van der Waals surface area (Å²) in [4.78, 5) is 6.79. The van der Waals surface area contributed by atoms with Crippen LogP contribution in [0.4, 0.5) is 20.3 Å². The molecule has 4 aromatic rings. The van der Waals surface area contributed by atoms with E-state index < -0.39 is 12.1 Å². The molecule has 1 fully saturated rings. The maximum absolute atomic E-state index is 15.1. The second-order valence-corrected chi connectivity index (χ2v) is 8.67. The van der Waals surface area contributed by atoms with Crippen molar-refractivity contribution in [1.29, 1.82) is 0 Å². The van der Waals surface area contributed by atoms with Crippen LogP contribution in [-0.2, 0) is 6.42 Å². The largest absolute Gasteiger partial charge is 0.325 e. The molecule has 2 aromatic heterocycles. The zero-order chi connectivity index (χ0) is 21.9. The third-order valence-electron chi connectivity index (χ3n) is 6.55. The van der Waals surface area contributed by atoms with Gasteiger partial charge in [-0.1, -0.05) is 24.0 Å². The van der Waals surface area contributed by atoms with Crippen LogP contribution in [-0.4, -0.2) is 32.8 Å². The number of aromatic nitrogens is 4. The monoisotopic (exact) mass is 429 g/mol. The van der Waals surface area contributed by atoms with Crippen LogP contribution in [0, 0.1) is 30.0 Å². The van der Waals surface area contributed by atoms with E-state index in [0.29, 0.717) is 34.9 Å². The Labute approximate surface area is 184 Å². The first kappa shape index (κ1) is 19.2. The van der Waals surface area contributed by atoms with Gasteiger partial charge in [0.1, 0.15) is 24.1 Å². The van der Waals surface area contributed by atoms with Crippen LogP contribution in [0.3, 0.4) is 0 Å². The molecule has 1 aliphatic carbocycles. The molecule has 2 aliphatic rings. The molecule has 2 aromatic carbocycles. The number of hydrogen-bond acceptors (Lipinski definition) is 4. The third-order valence-corrected chi connectivity index (χ3v) is 6.55. The zero-order valence-electron chi connectivity index (χ0n) is 17.7. The minimum atomic E-state index is -0.450. The van der Waals surface area contributed by atoms with Crippen LogP contribution in [0.2, 0.25) is 0 Å². The summed E-state index contributed by atoms with van der Waals surface area (Å²) >= 11 is 0. The highest BCUT2D eigenvalue weighted by Crippen LogP contribution is 2.45. The summed E-state index contributed by atoms with van der Waals surface area (Å²) < 4.78 is 30.2. The number of halogens is 2. The van der Waals surface area contributed by atoms with Gasteiger partial charge in [0.05, 0.1) is 16.3 Å². The maximum Gasteiger partial charge on any atom is 0.257 e. The predicted molar refractivity (Wildman–Crippen MR) is 119 cm³/mol. The molecule has 6 rings (SSSR count). The summed E-state index contributed by atoms with van der Waals surface area (Å²) in [5.41, 5.74) is 3.22. The number of hydrogen-bond donors (Lipinski definition) is 0. The molecule has 160 valence electrons. The number of benzene rings is 2. The van der Waals surface area contributed by atoms with Crippen molar-refractivity contribution >= 4 is 28.2 Å². The van der Waals surface area contributed by atoms with Crippen LogP contribution in [0.5, 0.6) is 0 Å². The van der Waals surface area contributed by atoms with Gasteiger partial charge in [-0.15, -0.1) is 10.2 Å². The van der Waals surface area contributed by atoms with Gasteiger partial charge in [0.15, 0.2) is 0 Å². The van der Waals surface area contributed by atoms with E-state index in [4.69, 9.17) is 4.98 Å². The molecule has 3 heterocycles. The molecular weight excluding hydrogens is 408 g/mol. The first-order chi connectivity index (χ1) is 15.6. The van der Waals surface area contributed by atoms with Gasteiger partial charge in [0.2, 0.25) is 0 Å². The second-order valence-electron chi connectivity index (χ2n) is 8.67. The molecule has 0 radical (unpaired) electrons. The molecule has 0 atom stereocenters. The third kappa shape index (κ3) is 2.86. The van der Waals surface area contributed by atoms with Gasteiger partial charge in [-0.3, -0.25) is 4.40 Å². The Balaban J connectivity index is 1.55. The molecule has 0 spiro atoms. The lowest BCUT2D eigenvalue weighted by Crippen LogP contribution is -2.26. The van der Waals surface area contributed by atoms with Crippen LogP contribution in [0.15, 0.2) is 36.4 Å². The molecule has 7 heteroatoms. The second kappa shape index (κ2) is 6.99. The van der Waals surface area contributed by atoms with Crippen LogP contribution >= 0.6 is 0 Å². The fraction of sp³-hybridized carbons (Fsp3) is 0.320. The van der Waals surface area contributed by atoms with E-state index in [0.717, 1.165) is 42.5 Å². The molecule has 0 saturated heterocycles. The fourth-order valence-corrected chi connectivity index (χ4v) is 4.58. The standard InChI is InChI=1S/C25H21F2N5/c1-16-29-30-24-28-23(22-19(27)7-3-9-21(22)32(16)24)31-14-4-6-18-17(5-2-8-20(18)31)10-11-25(15-26)12-13-25/h2-3,5,7-9H,4,6,12-15H2,1H3. The summed E-state index contributed by atoms with van der Waals surface area (Å²) in [6.45, 7) is 2.14. The highest BCUT2D eigenvalue weighted by atomic mass is 19.1. The van der Waals surface area contributed by atoms with Crippen molar-refractivity contribution in [2.24, 2.45) is 5.41 Å². The van der Waals surface area contributed by atoms with E-state index in [1.165, 1.54) is 6.07 Å². The Bertz CT molecular complexity index is 1440. The number of aryl methyl sites for hydroxylation is 1. The normalized spacial score (nSPS) is 16.7. The van der Waals surface area contributed by atoms with E-state index in [-0.39, 0.29) is 5.82 Å².